The summed E-state index contributed by atoms with van der Waals surface area (Å²) in [5, 5.41) is 3.47. The van der Waals surface area contributed by atoms with Gasteiger partial charge in [-0.1, -0.05) is 6.07 Å². The second-order valence-corrected chi connectivity index (χ2v) is 5.19. The molecule has 1 saturated carbocycles. The molecule has 0 radical (unpaired) electrons. The zero-order valence-corrected chi connectivity index (χ0v) is 12.2. The van der Waals surface area contributed by atoms with E-state index in [1.165, 1.54) is 12.8 Å². The molecule has 0 unspecified atom stereocenters. The summed E-state index contributed by atoms with van der Waals surface area (Å²) >= 11 is 0. The quantitative estimate of drug-likeness (QED) is 0.844. The first-order valence-electron chi connectivity index (χ1n) is 7.41. The normalized spacial score (nSPS) is 14.0. The lowest BCUT2D eigenvalue weighted by molar-refractivity contribution is 0.338. The maximum atomic E-state index is 5.86. The van der Waals surface area contributed by atoms with E-state index in [0.29, 0.717) is 12.6 Å². The Balaban J connectivity index is 1.65. The molecule has 3 rings (SSSR count). The number of aromatic nitrogens is 1. The fourth-order valence-corrected chi connectivity index (χ4v) is 2.10. The molecule has 0 aliphatic heterocycles. The Morgan fingerprint density at radius 2 is 2.00 bits per heavy atom. The number of rotatable bonds is 7. The van der Waals surface area contributed by atoms with Gasteiger partial charge in [0, 0.05) is 24.8 Å². The van der Waals surface area contributed by atoms with Crippen molar-refractivity contribution < 1.29 is 9.47 Å². The number of benzene rings is 1. The topological polar surface area (TPSA) is 43.4 Å². The lowest BCUT2D eigenvalue weighted by atomic mass is 10.2. The van der Waals surface area contributed by atoms with Crippen molar-refractivity contribution in [3.63, 3.8) is 0 Å². The SMILES string of the molecule is CCOc1cccc(Oc2cncc(CNC3CC3)c2)c1. The standard InChI is InChI=1S/C17H20N2O2/c1-2-20-15-4-3-5-16(9-15)21-17-8-13(10-18-12-17)11-19-14-6-7-14/h3-5,8-10,12,14,19H,2,6-7,11H2,1H3. The molecule has 21 heavy (non-hydrogen) atoms. The predicted octanol–water partition coefficient (Wildman–Crippen LogP) is 3.52. The highest BCUT2D eigenvalue weighted by molar-refractivity contribution is 5.36. The van der Waals surface area contributed by atoms with Crippen molar-refractivity contribution in [2.24, 2.45) is 0 Å². The molecule has 2 aromatic rings. The molecule has 1 aliphatic carbocycles. The van der Waals surface area contributed by atoms with Gasteiger partial charge < -0.3 is 14.8 Å². The number of hydrogen-bond acceptors (Lipinski definition) is 4. The molecule has 1 heterocycles. The summed E-state index contributed by atoms with van der Waals surface area (Å²) in [5.41, 5.74) is 1.14. The molecule has 0 bridgehead atoms. The van der Waals surface area contributed by atoms with Crippen LogP contribution in [-0.4, -0.2) is 17.6 Å². The van der Waals surface area contributed by atoms with E-state index >= 15 is 0 Å². The van der Waals surface area contributed by atoms with E-state index in [9.17, 15) is 0 Å². The Labute approximate surface area is 125 Å². The molecule has 1 fully saturated rings. The highest BCUT2D eigenvalue weighted by Gasteiger charge is 2.19. The summed E-state index contributed by atoms with van der Waals surface area (Å²) in [4.78, 5) is 4.24. The maximum absolute atomic E-state index is 5.86. The first kappa shape index (κ1) is 13.9. The van der Waals surface area contributed by atoms with Gasteiger partial charge in [-0.25, -0.2) is 0 Å². The molecule has 1 aliphatic rings. The molecular formula is C17H20N2O2. The van der Waals surface area contributed by atoms with Crippen molar-refractivity contribution >= 4 is 0 Å². The zero-order chi connectivity index (χ0) is 14.5. The average Bonchev–Trinajstić information content (AvgIpc) is 3.31. The van der Waals surface area contributed by atoms with Crippen molar-refractivity contribution in [3.05, 3.63) is 48.3 Å². The molecule has 4 nitrogen and oxygen atoms in total. The maximum Gasteiger partial charge on any atom is 0.146 e. The lowest BCUT2D eigenvalue weighted by Gasteiger charge is -2.09. The van der Waals surface area contributed by atoms with E-state index in [1.54, 1.807) is 6.20 Å². The van der Waals surface area contributed by atoms with Crippen LogP contribution in [0.15, 0.2) is 42.7 Å². The van der Waals surface area contributed by atoms with Crippen LogP contribution in [-0.2, 0) is 6.54 Å². The van der Waals surface area contributed by atoms with Crippen LogP contribution in [0.2, 0.25) is 0 Å². The molecular weight excluding hydrogens is 264 g/mol. The minimum absolute atomic E-state index is 0.646. The molecule has 110 valence electrons. The van der Waals surface area contributed by atoms with Crippen LogP contribution in [0.4, 0.5) is 0 Å². The Kier molecular flexibility index (Phi) is 4.36. The Morgan fingerprint density at radius 3 is 2.81 bits per heavy atom. The Hall–Kier alpha value is -2.07. The third-order valence-corrected chi connectivity index (χ3v) is 3.29. The van der Waals surface area contributed by atoms with Gasteiger partial charge >= 0.3 is 0 Å². The highest BCUT2D eigenvalue weighted by atomic mass is 16.5. The molecule has 4 heteroatoms. The van der Waals surface area contributed by atoms with Gasteiger partial charge in [-0.15, -0.1) is 0 Å². The van der Waals surface area contributed by atoms with E-state index in [-0.39, 0.29) is 0 Å². The molecule has 0 atom stereocenters. The van der Waals surface area contributed by atoms with Gasteiger partial charge in [0.1, 0.15) is 17.2 Å². The first-order valence-corrected chi connectivity index (χ1v) is 7.41. The van der Waals surface area contributed by atoms with E-state index in [4.69, 9.17) is 9.47 Å². The van der Waals surface area contributed by atoms with Gasteiger partial charge in [-0.2, -0.15) is 0 Å². The predicted molar refractivity (Wildman–Crippen MR) is 81.8 cm³/mol. The molecule has 0 spiro atoms. The van der Waals surface area contributed by atoms with Gasteiger partial charge in [-0.05, 0) is 43.5 Å². The fraction of sp³-hybridized carbons (Fsp3) is 0.353. The third-order valence-electron chi connectivity index (χ3n) is 3.29. The molecule has 1 N–H and O–H groups in total. The monoisotopic (exact) mass is 284 g/mol. The third kappa shape index (κ3) is 4.20. The second kappa shape index (κ2) is 6.59. The van der Waals surface area contributed by atoms with E-state index in [1.807, 2.05) is 43.5 Å². The Morgan fingerprint density at radius 1 is 1.14 bits per heavy atom. The first-order chi connectivity index (χ1) is 10.3. The van der Waals surface area contributed by atoms with Gasteiger partial charge in [0.15, 0.2) is 0 Å². The van der Waals surface area contributed by atoms with Crippen molar-refractivity contribution in [1.82, 2.24) is 10.3 Å². The largest absolute Gasteiger partial charge is 0.494 e. The van der Waals surface area contributed by atoms with Crippen molar-refractivity contribution in [3.8, 4) is 17.2 Å². The minimum atomic E-state index is 0.646. The summed E-state index contributed by atoms with van der Waals surface area (Å²) in [5.74, 6) is 2.32. The summed E-state index contributed by atoms with van der Waals surface area (Å²) < 4.78 is 11.3. The molecule has 1 aromatic carbocycles. The molecule has 0 amide bonds. The van der Waals surface area contributed by atoms with Crippen LogP contribution in [0, 0.1) is 0 Å². The Bertz CT molecular complexity index is 597. The van der Waals surface area contributed by atoms with Gasteiger partial charge in [0.25, 0.3) is 0 Å². The zero-order valence-electron chi connectivity index (χ0n) is 12.2. The lowest BCUT2D eigenvalue weighted by Crippen LogP contribution is -2.15. The summed E-state index contributed by atoms with van der Waals surface area (Å²) in [7, 11) is 0. The number of pyridine rings is 1. The van der Waals surface area contributed by atoms with E-state index in [2.05, 4.69) is 10.3 Å². The van der Waals surface area contributed by atoms with Crippen LogP contribution in [0.3, 0.4) is 0 Å². The molecule has 0 saturated heterocycles. The van der Waals surface area contributed by atoms with Crippen molar-refractivity contribution in [2.45, 2.75) is 32.4 Å². The van der Waals surface area contributed by atoms with Gasteiger partial charge in [0.2, 0.25) is 0 Å². The number of nitrogens with zero attached hydrogens (tertiary/aromatic N) is 1. The number of nitrogens with one attached hydrogen (secondary N) is 1. The smallest absolute Gasteiger partial charge is 0.146 e. The van der Waals surface area contributed by atoms with Gasteiger partial charge in [-0.3, -0.25) is 4.98 Å². The fourth-order valence-electron chi connectivity index (χ4n) is 2.10. The van der Waals surface area contributed by atoms with Crippen molar-refractivity contribution in [2.75, 3.05) is 6.61 Å². The second-order valence-electron chi connectivity index (χ2n) is 5.19. The van der Waals surface area contributed by atoms with E-state index < -0.39 is 0 Å². The summed E-state index contributed by atoms with van der Waals surface area (Å²) in [6.07, 6.45) is 6.18. The van der Waals surface area contributed by atoms with Crippen LogP contribution in [0.5, 0.6) is 17.2 Å². The highest BCUT2D eigenvalue weighted by Crippen LogP contribution is 2.25. The van der Waals surface area contributed by atoms with Gasteiger partial charge in [0.05, 0.1) is 12.8 Å². The van der Waals surface area contributed by atoms with Crippen LogP contribution in [0.25, 0.3) is 0 Å². The number of ether oxygens (including phenoxy) is 2. The van der Waals surface area contributed by atoms with Crippen molar-refractivity contribution in [1.29, 1.82) is 0 Å². The van der Waals surface area contributed by atoms with Crippen LogP contribution < -0.4 is 14.8 Å². The summed E-state index contributed by atoms with van der Waals surface area (Å²) in [6, 6.07) is 10.4. The van der Waals surface area contributed by atoms with Crippen LogP contribution >= 0.6 is 0 Å². The average molecular weight is 284 g/mol. The number of hydrogen-bond donors (Lipinski definition) is 1. The minimum Gasteiger partial charge on any atom is -0.494 e. The van der Waals surface area contributed by atoms with Crippen LogP contribution in [0.1, 0.15) is 25.3 Å². The summed E-state index contributed by atoms with van der Waals surface area (Å²) in [6.45, 7) is 3.45. The van der Waals surface area contributed by atoms with E-state index in [0.717, 1.165) is 29.4 Å². The molecule has 1 aromatic heterocycles.